The van der Waals surface area contributed by atoms with Gasteiger partial charge in [-0.3, -0.25) is 0 Å². The maximum Gasteiger partial charge on any atom is 0.0562 e. The second-order valence-electron chi connectivity index (χ2n) is 4.85. The molecule has 0 spiro atoms. The molecule has 0 atom stereocenters. The molecule has 0 aliphatic rings. The molecular formula is C15H34O4. The molecule has 0 N–H and O–H groups in total. The van der Waals surface area contributed by atoms with Gasteiger partial charge in [-0.2, -0.15) is 0 Å². The Labute approximate surface area is 119 Å². The fourth-order valence-electron chi connectivity index (χ4n) is 1.85. The Kier molecular flexibility index (Phi) is 17.7. The third kappa shape index (κ3) is 12.6. The van der Waals surface area contributed by atoms with E-state index < -0.39 is 0 Å². The average Bonchev–Trinajstić information content (AvgIpc) is 2.41. The van der Waals surface area contributed by atoms with Gasteiger partial charge in [0.15, 0.2) is 0 Å². The van der Waals surface area contributed by atoms with Crippen molar-refractivity contribution in [3.05, 3.63) is 0 Å². The zero-order valence-electron chi connectivity index (χ0n) is 13.8. The van der Waals surface area contributed by atoms with Crippen molar-refractivity contribution >= 4 is 0 Å². The Bertz CT molecular complexity index is 141. The molecule has 0 aromatic rings. The van der Waals surface area contributed by atoms with Crippen molar-refractivity contribution in [3.63, 3.8) is 0 Å². The monoisotopic (exact) mass is 278 g/mol. The molecule has 0 saturated carbocycles. The van der Waals surface area contributed by atoms with Crippen molar-refractivity contribution in [1.82, 2.24) is 0 Å². The molecule has 118 valence electrons. The third-order valence-corrected chi connectivity index (χ3v) is 3.05. The summed E-state index contributed by atoms with van der Waals surface area (Å²) in [5.74, 6) is 0. The summed E-state index contributed by atoms with van der Waals surface area (Å²) in [7, 11) is 6.86. The first-order valence-corrected chi connectivity index (χ1v) is 7.12. The Hall–Kier alpha value is -0.160. The van der Waals surface area contributed by atoms with Gasteiger partial charge in [-0.1, -0.05) is 26.7 Å². The highest BCUT2D eigenvalue weighted by atomic mass is 16.5. The van der Waals surface area contributed by atoms with Crippen LogP contribution in [0.4, 0.5) is 0 Å². The average molecular weight is 278 g/mol. The van der Waals surface area contributed by atoms with Crippen molar-refractivity contribution in [3.8, 4) is 0 Å². The molecule has 4 heteroatoms. The first-order chi connectivity index (χ1) is 9.16. The molecule has 0 aromatic heterocycles. The smallest absolute Gasteiger partial charge is 0.0562 e. The highest BCUT2D eigenvalue weighted by molar-refractivity contribution is 4.76. The zero-order chi connectivity index (χ0) is 15.0. The lowest BCUT2D eigenvalue weighted by molar-refractivity contribution is -0.0403. The van der Waals surface area contributed by atoms with Crippen molar-refractivity contribution in [2.75, 3.05) is 54.9 Å². The summed E-state index contributed by atoms with van der Waals surface area (Å²) in [6.45, 7) is 7.29. The normalized spacial score (nSPS) is 11.1. The number of methoxy groups -OCH3 is 4. The van der Waals surface area contributed by atoms with Gasteiger partial charge in [0, 0.05) is 40.5 Å². The Morgan fingerprint density at radius 1 is 0.684 bits per heavy atom. The quantitative estimate of drug-likeness (QED) is 0.544. The molecule has 0 amide bonds. The minimum Gasteiger partial charge on any atom is -0.385 e. The van der Waals surface area contributed by atoms with Crippen molar-refractivity contribution in [2.45, 2.75) is 39.5 Å². The van der Waals surface area contributed by atoms with Gasteiger partial charge in [0.05, 0.1) is 19.8 Å². The summed E-state index contributed by atoms with van der Waals surface area (Å²) in [5, 5.41) is 0. The van der Waals surface area contributed by atoms with Gasteiger partial charge in [-0.25, -0.2) is 0 Å². The maximum absolute atomic E-state index is 5.14. The molecule has 0 bridgehead atoms. The second kappa shape index (κ2) is 15.9. The van der Waals surface area contributed by atoms with Crippen LogP contribution in [0.15, 0.2) is 0 Å². The fraction of sp³-hybridized carbons (Fsp3) is 1.00. The van der Waals surface area contributed by atoms with Crippen LogP contribution in [0.1, 0.15) is 39.5 Å². The molecule has 0 unspecified atom stereocenters. The summed E-state index contributed by atoms with van der Waals surface area (Å²) in [5.41, 5.74) is 0.0260. The van der Waals surface area contributed by atoms with Crippen molar-refractivity contribution < 1.29 is 18.9 Å². The Morgan fingerprint density at radius 3 is 1.42 bits per heavy atom. The fourth-order valence-corrected chi connectivity index (χ4v) is 1.85. The van der Waals surface area contributed by atoms with Crippen LogP contribution < -0.4 is 0 Å². The van der Waals surface area contributed by atoms with Crippen LogP contribution in [0.5, 0.6) is 0 Å². The minimum atomic E-state index is 0.0260. The second-order valence-corrected chi connectivity index (χ2v) is 4.85. The molecule has 0 fully saturated rings. The molecule has 0 aliphatic carbocycles. The summed E-state index contributed by atoms with van der Waals surface area (Å²) < 4.78 is 20.3. The summed E-state index contributed by atoms with van der Waals surface area (Å²) >= 11 is 0. The molecule has 0 rings (SSSR count). The summed E-state index contributed by atoms with van der Waals surface area (Å²) in [6.07, 6.45) is 4.80. The molecule has 0 aliphatic heterocycles. The van der Waals surface area contributed by atoms with Crippen molar-refractivity contribution in [1.29, 1.82) is 0 Å². The van der Waals surface area contributed by atoms with Crippen LogP contribution in [0.3, 0.4) is 0 Å². The van der Waals surface area contributed by atoms with Crippen LogP contribution in [0.25, 0.3) is 0 Å². The highest BCUT2D eigenvalue weighted by Gasteiger charge is 2.28. The molecule has 0 radical (unpaired) electrons. The largest absolute Gasteiger partial charge is 0.385 e. The predicted molar refractivity (Wildman–Crippen MR) is 79.8 cm³/mol. The van der Waals surface area contributed by atoms with Crippen LogP contribution >= 0.6 is 0 Å². The van der Waals surface area contributed by atoms with Gasteiger partial charge in [0.2, 0.25) is 0 Å². The Balaban J connectivity index is 0. The number of unbranched alkanes of at least 4 members (excludes halogenated alkanes) is 2. The van der Waals surface area contributed by atoms with Gasteiger partial charge < -0.3 is 18.9 Å². The Morgan fingerprint density at radius 2 is 1.16 bits per heavy atom. The maximum atomic E-state index is 5.14. The van der Waals surface area contributed by atoms with Gasteiger partial charge >= 0.3 is 0 Å². The third-order valence-electron chi connectivity index (χ3n) is 3.05. The minimum absolute atomic E-state index is 0.0260. The van der Waals surface area contributed by atoms with E-state index in [1.54, 1.807) is 28.4 Å². The number of ether oxygens (including phenoxy) is 4. The highest BCUT2D eigenvalue weighted by Crippen LogP contribution is 2.22. The predicted octanol–water partition coefficient (Wildman–Crippen LogP) is 3.15. The van der Waals surface area contributed by atoms with Crippen LogP contribution in [-0.4, -0.2) is 54.9 Å². The van der Waals surface area contributed by atoms with Gasteiger partial charge in [-0.15, -0.1) is 0 Å². The molecule has 0 aromatic carbocycles. The lowest BCUT2D eigenvalue weighted by Gasteiger charge is -2.30. The van der Waals surface area contributed by atoms with E-state index in [9.17, 15) is 0 Å². The van der Waals surface area contributed by atoms with E-state index in [0.29, 0.717) is 19.8 Å². The SMILES string of the molecule is CCC(COC)(COC)COC.CCCCCOC. The molecule has 0 heterocycles. The van der Waals surface area contributed by atoms with E-state index >= 15 is 0 Å². The number of rotatable bonds is 11. The van der Waals surface area contributed by atoms with Crippen molar-refractivity contribution in [2.24, 2.45) is 5.41 Å². The number of hydrogen-bond acceptors (Lipinski definition) is 4. The standard InChI is InChI=1S/C9H20O3.C6H14O/c1-5-9(6-10-2,7-11-3)8-12-4;1-3-4-5-6-7-2/h5-8H2,1-4H3;3-6H2,1-2H3. The zero-order valence-corrected chi connectivity index (χ0v) is 13.8. The van der Waals surface area contributed by atoms with Crippen LogP contribution in [0, 0.1) is 5.41 Å². The summed E-state index contributed by atoms with van der Waals surface area (Å²) in [6, 6.07) is 0. The number of hydrogen-bond donors (Lipinski definition) is 0. The lowest BCUT2D eigenvalue weighted by atomic mass is 9.88. The van der Waals surface area contributed by atoms with E-state index in [2.05, 4.69) is 13.8 Å². The van der Waals surface area contributed by atoms with Gasteiger partial charge in [-0.05, 0) is 12.8 Å². The van der Waals surface area contributed by atoms with Crippen LogP contribution in [0.2, 0.25) is 0 Å². The molecule has 0 saturated heterocycles. The first-order valence-electron chi connectivity index (χ1n) is 7.12. The van der Waals surface area contributed by atoms with Crippen LogP contribution in [-0.2, 0) is 18.9 Å². The van der Waals surface area contributed by atoms with E-state index in [-0.39, 0.29) is 5.41 Å². The van der Waals surface area contributed by atoms with Gasteiger partial charge in [0.1, 0.15) is 0 Å². The van der Waals surface area contributed by atoms with E-state index in [1.807, 2.05) is 0 Å². The van der Waals surface area contributed by atoms with E-state index in [1.165, 1.54) is 19.3 Å². The van der Waals surface area contributed by atoms with E-state index in [0.717, 1.165) is 13.0 Å². The first kappa shape index (κ1) is 21.1. The molecular weight excluding hydrogens is 244 g/mol. The molecule has 4 nitrogen and oxygen atoms in total. The topological polar surface area (TPSA) is 36.9 Å². The van der Waals surface area contributed by atoms with Gasteiger partial charge in [0.25, 0.3) is 0 Å². The molecule has 19 heavy (non-hydrogen) atoms. The summed E-state index contributed by atoms with van der Waals surface area (Å²) in [4.78, 5) is 0. The lowest BCUT2D eigenvalue weighted by Crippen LogP contribution is -2.35. The van der Waals surface area contributed by atoms with E-state index in [4.69, 9.17) is 18.9 Å².